The Hall–Kier alpha value is 0.531. The fourth-order valence-electron chi connectivity index (χ4n) is 9.90. The van der Waals surface area contributed by atoms with Crippen molar-refractivity contribution in [3.8, 4) is 0 Å². The smallest absolute Gasteiger partial charge is 0.184 e. The standard InChI is InChI=1S/C30H60O3Si3/c1-21(31-34(4,5)6)28-27(33-36(10,11)12)20-26-24-14-13-22-19-23(32-35(7,8)9)15-17-29(22,2)25(24)16-18-30(26,28)3/h21-28H,13-20H2,1-12H3/t21?,22?,23?,24?,25?,26?,27?,28-,29-,30-/m0/s1. The van der Waals surface area contributed by atoms with Gasteiger partial charge in [0.25, 0.3) is 0 Å². The molecular formula is C30H60O3Si3. The van der Waals surface area contributed by atoms with Crippen molar-refractivity contribution in [1.29, 1.82) is 0 Å². The SMILES string of the molecule is CC(O[Si](C)(C)C)[C@H]1C(O[Si](C)(C)C)CC2C3CCC4CC(O[Si](C)(C)C)CC[C@]4(C)C3CC[C@@]21C. The van der Waals surface area contributed by atoms with Gasteiger partial charge in [0.1, 0.15) is 0 Å². The summed E-state index contributed by atoms with van der Waals surface area (Å²) in [6.07, 6.45) is 12.1. The molecule has 0 amide bonds. The highest BCUT2D eigenvalue weighted by Gasteiger charge is 2.64. The zero-order valence-corrected chi connectivity index (χ0v) is 29.0. The molecule has 0 aliphatic heterocycles. The zero-order valence-electron chi connectivity index (χ0n) is 26.0. The van der Waals surface area contributed by atoms with Gasteiger partial charge in [-0.25, -0.2) is 0 Å². The zero-order chi connectivity index (χ0) is 26.9. The van der Waals surface area contributed by atoms with E-state index in [4.69, 9.17) is 13.3 Å². The first-order valence-corrected chi connectivity index (χ1v) is 25.6. The van der Waals surface area contributed by atoms with E-state index in [-0.39, 0.29) is 0 Å². The molecule has 0 aromatic heterocycles. The van der Waals surface area contributed by atoms with Crippen molar-refractivity contribution in [2.24, 2.45) is 40.4 Å². The van der Waals surface area contributed by atoms with Gasteiger partial charge in [0.05, 0.1) is 6.10 Å². The predicted molar refractivity (Wildman–Crippen MR) is 161 cm³/mol. The second-order valence-corrected chi connectivity index (χ2v) is 30.2. The van der Waals surface area contributed by atoms with E-state index >= 15 is 0 Å². The lowest BCUT2D eigenvalue weighted by Crippen LogP contribution is -2.55. The topological polar surface area (TPSA) is 27.7 Å². The third-order valence-electron chi connectivity index (χ3n) is 10.8. The first-order valence-electron chi connectivity index (χ1n) is 15.4. The molecule has 7 unspecified atom stereocenters. The van der Waals surface area contributed by atoms with E-state index in [9.17, 15) is 0 Å². The van der Waals surface area contributed by atoms with Gasteiger partial charge in [0.15, 0.2) is 25.0 Å². The highest BCUT2D eigenvalue weighted by Crippen LogP contribution is 2.68. The molecule has 0 aromatic rings. The molecule has 0 saturated heterocycles. The highest BCUT2D eigenvalue weighted by molar-refractivity contribution is 6.70. The van der Waals surface area contributed by atoms with E-state index in [1.165, 1.54) is 51.4 Å². The predicted octanol–water partition coefficient (Wildman–Crippen LogP) is 8.94. The van der Waals surface area contributed by atoms with Crippen LogP contribution >= 0.6 is 0 Å². The summed E-state index contributed by atoms with van der Waals surface area (Å²) in [4.78, 5) is 0. The number of fused-ring (bicyclic) bond motifs is 5. The molecule has 10 atom stereocenters. The van der Waals surface area contributed by atoms with Gasteiger partial charge in [0.2, 0.25) is 0 Å². The van der Waals surface area contributed by atoms with Crippen molar-refractivity contribution >= 4 is 25.0 Å². The minimum Gasteiger partial charge on any atom is -0.415 e. The van der Waals surface area contributed by atoms with E-state index in [2.05, 4.69) is 79.7 Å². The second kappa shape index (κ2) is 9.87. The lowest BCUT2D eigenvalue weighted by atomic mass is 9.44. The molecule has 4 fully saturated rings. The fourth-order valence-corrected chi connectivity index (χ4v) is 13.5. The van der Waals surface area contributed by atoms with E-state index < -0.39 is 25.0 Å². The average Bonchev–Trinajstić information content (AvgIpc) is 2.96. The van der Waals surface area contributed by atoms with Crippen molar-refractivity contribution in [2.75, 3.05) is 0 Å². The molecule has 4 aliphatic rings. The van der Waals surface area contributed by atoms with Crippen LogP contribution in [0, 0.1) is 40.4 Å². The van der Waals surface area contributed by atoms with Gasteiger partial charge in [-0.1, -0.05) is 13.8 Å². The van der Waals surface area contributed by atoms with Crippen LogP contribution < -0.4 is 0 Å². The summed E-state index contributed by atoms with van der Waals surface area (Å²) in [6.45, 7) is 29.0. The third kappa shape index (κ3) is 5.99. The first-order chi connectivity index (χ1) is 16.3. The van der Waals surface area contributed by atoms with Gasteiger partial charge in [-0.05, 0) is 152 Å². The summed E-state index contributed by atoms with van der Waals surface area (Å²) in [6, 6.07) is 0. The molecular weight excluding hydrogens is 493 g/mol. The molecule has 0 radical (unpaired) electrons. The lowest BCUT2D eigenvalue weighted by Gasteiger charge is -2.61. The molecule has 0 bridgehead atoms. The first kappa shape index (κ1) is 29.5. The second-order valence-electron chi connectivity index (χ2n) is 16.8. The van der Waals surface area contributed by atoms with Crippen LogP contribution in [0.25, 0.3) is 0 Å². The monoisotopic (exact) mass is 552 g/mol. The summed E-state index contributed by atoms with van der Waals surface area (Å²) in [5, 5.41) is 0. The molecule has 4 aliphatic carbocycles. The number of hydrogen-bond acceptors (Lipinski definition) is 3. The summed E-state index contributed by atoms with van der Waals surface area (Å²) >= 11 is 0. The lowest BCUT2D eigenvalue weighted by molar-refractivity contribution is -0.131. The number of hydrogen-bond donors (Lipinski definition) is 0. The maximum atomic E-state index is 7.04. The van der Waals surface area contributed by atoms with E-state index in [1.807, 2.05) is 0 Å². The van der Waals surface area contributed by atoms with Crippen LogP contribution in [0.2, 0.25) is 58.9 Å². The minimum atomic E-state index is -1.63. The molecule has 0 N–H and O–H groups in total. The van der Waals surface area contributed by atoms with E-state index in [0.29, 0.717) is 35.1 Å². The molecule has 3 nitrogen and oxygen atoms in total. The van der Waals surface area contributed by atoms with Crippen molar-refractivity contribution in [3.63, 3.8) is 0 Å². The van der Waals surface area contributed by atoms with Gasteiger partial charge < -0.3 is 13.3 Å². The Bertz CT molecular complexity index is 784. The summed E-state index contributed by atoms with van der Waals surface area (Å²) in [7, 11) is -4.72. The van der Waals surface area contributed by atoms with Crippen LogP contribution in [0.5, 0.6) is 0 Å². The summed E-state index contributed by atoms with van der Waals surface area (Å²) in [5.41, 5.74) is 0.864. The quantitative estimate of drug-likeness (QED) is 0.295. The molecule has 210 valence electrons. The van der Waals surface area contributed by atoms with Gasteiger partial charge >= 0.3 is 0 Å². The Kier molecular flexibility index (Phi) is 8.09. The maximum Gasteiger partial charge on any atom is 0.184 e. The fraction of sp³-hybridized carbons (Fsp3) is 1.00. The molecule has 36 heavy (non-hydrogen) atoms. The normalized spacial score (nSPS) is 44.5. The molecule has 6 heteroatoms. The Morgan fingerprint density at radius 1 is 0.667 bits per heavy atom. The Morgan fingerprint density at radius 3 is 1.86 bits per heavy atom. The van der Waals surface area contributed by atoms with Crippen LogP contribution in [-0.2, 0) is 13.3 Å². The molecule has 0 aromatic carbocycles. The highest BCUT2D eigenvalue weighted by atomic mass is 28.4. The van der Waals surface area contributed by atoms with Gasteiger partial charge in [0, 0.05) is 18.1 Å². The molecule has 4 saturated carbocycles. The Balaban J connectivity index is 1.57. The Labute approximate surface area is 227 Å². The van der Waals surface area contributed by atoms with E-state index in [0.717, 1.165) is 23.7 Å². The Morgan fingerprint density at radius 2 is 1.28 bits per heavy atom. The van der Waals surface area contributed by atoms with Crippen LogP contribution in [0.1, 0.15) is 72.1 Å². The number of rotatable bonds is 7. The molecule has 0 heterocycles. The van der Waals surface area contributed by atoms with Crippen LogP contribution in [0.15, 0.2) is 0 Å². The minimum absolute atomic E-state index is 0.297. The summed E-state index contributed by atoms with van der Waals surface area (Å²) < 4.78 is 20.5. The van der Waals surface area contributed by atoms with Crippen molar-refractivity contribution < 1.29 is 13.3 Å². The average molecular weight is 553 g/mol. The van der Waals surface area contributed by atoms with Crippen molar-refractivity contribution in [1.82, 2.24) is 0 Å². The van der Waals surface area contributed by atoms with Crippen LogP contribution in [0.3, 0.4) is 0 Å². The third-order valence-corrected chi connectivity index (χ3v) is 13.9. The molecule has 0 spiro atoms. The largest absolute Gasteiger partial charge is 0.415 e. The van der Waals surface area contributed by atoms with Gasteiger partial charge in [-0.3, -0.25) is 0 Å². The van der Waals surface area contributed by atoms with E-state index in [1.54, 1.807) is 0 Å². The summed E-state index contributed by atoms with van der Waals surface area (Å²) in [5.74, 6) is 3.95. The van der Waals surface area contributed by atoms with Crippen LogP contribution in [0.4, 0.5) is 0 Å². The van der Waals surface area contributed by atoms with Gasteiger partial charge in [-0.15, -0.1) is 0 Å². The molecule has 4 rings (SSSR count). The maximum absolute atomic E-state index is 7.04. The van der Waals surface area contributed by atoms with Crippen LogP contribution in [-0.4, -0.2) is 43.3 Å². The van der Waals surface area contributed by atoms with Crippen molar-refractivity contribution in [3.05, 3.63) is 0 Å². The van der Waals surface area contributed by atoms with Gasteiger partial charge in [-0.2, -0.15) is 0 Å². The van der Waals surface area contributed by atoms with Crippen molar-refractivity contribution in [2.45, 2.75) is 149 Å².